The van der Waals surface area contributed by atoms with Crippen LogP contribution in [0.5, 0.6) is 0 Å². The van der Waals surface area contributed by atoms with Gasteiger partial charge >= 0.3 is 6.09 Å². The Morgan fingerprint density at radius 3 is 2.71 bits per heavy atom. The molecule has 17 heavy (non-hydrogen) atoms. The van der Waals surface area contributed by atoms with Crippen molar-refractivity contribution in [1.82, 2.24) is 4.90 Å². The van der Waals surface area contributed by atoms with Gasteiger partial charge in [-0.1, -0.05) is 5.11 Å². The van der Waals surface area contributed by atoms with Crippen molar-refractivity contribution >= 4 is 6.09 Å². The van der Waals surface area contributed by atoms with E-state index in [1.165, 1.54) is 4.90 Å². The van der Waals surface area contributed by atoms with Crippen LogP contribution in [0.3, 0.4) is 0 Å². The number of nitrogens with zero attached hydrogens (tertiary/aromatic N) is 4. The van der Waals surface area contributed by atoms with E-state index in [1.54, 1.807) is 20.8 Å². The van der Waals surface area contributed by atoms with Crippen molar-refractivity contribution < 1.29 is 14.6 Å². The van der Waals surface area contributed by atoms with Crippen LogP contribution in [0.4, 0.5) is 4.79 Å². The Labute approximate surface area is 100.0 Å². The maximum atomic E-state index is 11.7. The molecule has 0 aromatic carbocycles. The molecule has 0 aromatic heterocycles. The van der Waals surface area contributed by atoms with Crippen LogP contribution in [-0.4, -0.2) is 46.9 Å². The quantitative estimate of drug-likeness (QED) is 0.430. The number of carbonyl (C=O) groups is 1. The predicted molar refractivity (Wildman–Crippen MR) is 61.4 cm³/mol. The molecule has 7 nitrogen and oxygen atoms in total. The van der Waals surface area contributed by atoms with Crippen LogP contribution >= 0.6 is 0 Å². The Kier molecular flexibility index (Phi) is 4.20. The lowest BCUT2D eigenvalue weighted by Gasteiger charge is -2.34. The molecule has 1 amide bonds. The fourth-order valence-corrected chi connectivity index (χ4v) is 1.61. The molecule has 1 rings (SSSR count). The summed E-state index contributed by atoms with van der Waals surface area (Å²) in [5.74, 6) is 0. The monoisotopic (exact) mass is 242 g/mol. The molecule has 1 heterocycles. The number of aliphatic hydroxyl groups is 1. The van der Waals surface area contributed by atoms with Gasteiger partial charge in [0, 0.05) is 11.5 Å². The third kappa shape index (κ3) is 4.13. The van der Waals surface area contributed by atoms with Crippen molar-refractivity contribution in [1.29, 1.82) is 0 Å². The van der Waals surface area contributed by atoms with Gasteiger partial charge in [-0.05, 0) is 32.7 Å². The molecule has 0 saturated carbocycles. The van der Waals surface area contributed by atoms with Crippen LogP contribution in [0.1, 0.15) is 27.2 Å². The minimum atomic E-state index is -0.827. The van der Waals surface area contributed by atoms with E-state index in [0.29, 0.717) is 13.0 Å². The topological polar surface area (TPSA) is 98.5 Å². The zero-order chi connectivity index (χ0) is 13.1. The molecular weight excluding hydrogens is 224 g/mol. The van der Waals surface area contributed by atoms with Crippen molar-refractivity contribution in [2.45, 2.75) is 44.9 Å². The van der Waals surface area contributed by atoms with Gasteiger partial charge in [0.05, 0.1) is 18.7 Å². The lowest BCUT2D eigenvalue weighted by atomic mass is 10.0. The van der Waals surface area contributed by atoms with E-state index >= 15 is 0 Å². The number of hydrogen-bond donors (Lipinski definition) is 1. The van der Waals surface area contributed by atoms with Crippen molar-refractivity contribution in [3.63, 3.8) is 0 Å². The maximum absolute atomic E-state index is 11.7. The summed E-state index contributed by atoms with van der Waals surface area (Å²) < 4.78 is 5.19. The van der Waals surface area contributed by atoms with Crippen LogP contribution in [0.25, 0.3) is 10.4 Å². The summed E-state index contributed by atoms with van der Waals surface area (Å²) in [5.41, 5.74) is 7.75. The van der Waals surface area contributed by atoms with Crippen LogP contribution in [0, 0.1) is 0 Å². The van der Waals surface area contributed by atoms with Gasteiger partial charge in [-0.2, -0.15) is 0 Å². The number of azide groups is 1. The molecule has 0 aliphatic carbocycles. The molecule has 2 atom stereocenters. The van der Waals surface area contributed by atoms with Crippen molar-refractivity contribution in [2.75, 3.05) is 13.1 Å². The lowest BCUT2D eigenvalue weighted by molar-refractivity contribution is -0.000571. The predicted octanol–water partition coefficient (Wildman–Crippen LogP) is 1.67. The Morgan fingerprint density at radius 2 is 2.24 bits per heavy atom. The average molecular weight is 242 g/mol. The number of ether oxygens (including phenoxy) is 1. The largest absolute Gasteiger partial charge is 0.444 e. The highest BCUT2D eigenvalue weighted by atomic mass is 16.6. The fraction of sp³-hybridized carbons (Fsp3) is 0.900. The van der Waals surface area contributed by atoms with Gasteiger partial charge in [0.15, 0.2) is 0 Å². The number of piperidine rings is 1. The van der Waals surface area contributed by atoms with Gasteiger partial charge in [-0.25, -0.2) is 4.79 Å². The number of carbonyl (C=O) groups excluding carboxylic acids is 1. The minimum absolute atomic E-state index is 0.137. The summed E-state index contributed by atoms with van der Waals surface area (Å²) in [6, 6.07) is -0.460. The van der Waals surface area contributed by atoms with Gasteiger partial charge in [-0.15, -0.1) is 0 Å². The van der Waals surface area contributed by atoms with E-state index in [0.717, 1.165) is 0 Å². The Bertz CT molecular complexity index is 333. The Morgan fingerprint density at radius 1 is 1.59 bits per heavy atom. The van der Waals surface area contributed by atoms with Crippen LogP contribution < -0.4 is 0 Å². The van der Waals surface area contributed by atoms with E-state index in [4.69, 9.17) is 10.3 Å². The zero-order valence-corrected chi connectivity index (χ0v) is 10.3. The number of aliphatic hydroxyl groups excluding tert-OH is 1. The molecule has 7 heteroatoms. The highest BCUT2D eigenvalue weighted by Crippen LogP contribution is 2.17. The average Bonchev–Trinajstić information content (AvgIpc) is 2.18. The molecule has 0 spiro atoms. The van der Waals surface area contributed by atoms with Crippen LogP contribution in [-0.2, 0) is 4.74 Å². The highest BCUT2D eigenvalue weighted by Gasteiger charge is 2.31. The molecule has 0 radical (unpaired) electrons. The number of likely N-dealkylation sites (tertiary alicyclic amines) is 1. The van der Waals surface area contributed by atoms with Crippen molar-refractivity contribution in [3.8, 4) is 0 Å². The first-order valence-electron chi connectivity index (χ1n) is 5.53. The van der Waals surface area contributed by atoms with Gasteiger partial charge in [0.2, 0.25) is 0 Å². The highest BCUT2D eigenvalue weighted by molar-refractivity contribution is 5.68. The van der Waals surface area contributed by atoms with Gasteiger partial charge in [-0.3, -0.25) is 0 Å². The van der Waals surface area contributed by atoms with Crippen LogP contribution in [0.2, 0.25) is 0 Å². The van der Waals surface area contributed by atoms with Gasteiger partial charge in [0.25, 0.3) is 0 Å². The molecule has 0 aromatic rings. The fourth-order valence-electron chi connectivity index (χ4n) is 1.61. The standard InChI is InChI=1S/C10H18N4O3/c1-10(2,3)17-9(16)14-5-4-7(12-13-11)8(15)6-14/h7-8,15H,4-6H2,1-3H3/t7-,8?/m1/s1. The first-order chi connectivity index (χ1) is 7.83. The Balaban J connectivity index is 2.55. The molecule has 1 aliphatic heterocycles. The summed E-state index contributed by atoms with van der Waals surface area (Å²) in [5, 5.41) is 13.2. The normalized spacial score (nSPS) is 25.1. The smallest absolute Gasteiger partial charge is 0.410 e. The SMILES string of the molecule is CC(C)(C)OC(=O)N1CC[C@@H](N=[N+]=[N-])C(O)C1. The number of amides is 1. The number of hydrogen-bond acceptors (Lipinski definition) is 4. The molecule has 1 saturated heterocycles. The van der Waals surface area contributed by atoms with E-state index < -0.39 is 23.8 Å². The second-order valence-electron chi connectivity index (χ2n) is 5.05. The molecule has 1 fully saturated rings. The summed E-state index contributed by atoms with van der Waals surface area (Å²) >= 11 is 0. The van der Waals surface area contributed by atoms with E-state index in [1.807, 2.05) is 0 Å². The van der Waals surface area contributed by atoms with Crippen molar-refractivity contribution in [2.24, 2.45) is 5.11 Å². The first-order valence-corrected chi connectivity index (χ1v) is 5.53. The maximum Gasteiger partial charge on any atom is 0.410 e. The van der Waals surface area contributed by atoms with E-state index in [-0.39, 0.29) is 6.54 Å². The second kappa shape index (κ2) is 5.25. The van der Waals surface area contributed by atoms with Crippen molar-refractivity contribution in [3.05, 3.63) is 10.4 Å². The third-order valence-electron chi connectivity index (χ3n) is 2.40. The minimum Gasteiger partial charge on any atom is -0.444 e. The lowest BCUT2D eigenvalue weighted by Crippen LogP contribution is -2.49. The molecule has 1 unspecified atom stereocenters. The van der Waals surface area contributed by atoms with E-state index in [2.05, 4.69) is 10.0 Å². The molecule has 96 valence electrons. The molecule has 0 bridgehead atoms. The first kappa shape index (κ1) is 13.6. The zero-order valence-electron chi connectivity index (χ0n) is 10.3. The summed E-state index contributed by atoms with van der Waals surface area (Å²) in [6.45, 7) is 5.92. The number of β-amino-alcohol motifs (C(OH)–C–C–N with tert-alkyl or cyclic N) is 1. The molecule has 1 aliphatic rings. The Hall–Kier alpha value is -1.46. The molecule has 1 N–H and O–H groups in total. The summed E-state index contributed by atoms with van der Waals surface area (Å²) in [4.78, 5) is 15.8. The van der Waals surface area contributed by atoms with Crippen LogP contribution in [0.15, 0.2) is 5.11 Å². The number of rotatable bonds is 1. The van der Waals surface area contributed by atoms with E-state index in [9.17, 15) is 9.90 Å². The summed E-state index contributed by atoms with van der Waals surface area (Å²) in [6.07, 6.45) is -0.826. The summed E-state index contributed by atoms with van der Waals surface area (Å²) in [7, 11) is 0. The second-order valence-corrected chi connectivity index (χ2v) is 5.05. The third-order valence-corrected chi connectivity index (χ3v) is 2.40. The van der Waals surface area contributed by atoms with Gasteiger partial charge < -0.3 is 14.7 Å². The van der Waals surface area contributed by atoms with Gasteiger partial charge in [0.1, 0.15) is 5.60 Å². The molecular formula is C10H18N4O3.